The van der Waals surface area contributed by atoms with Crippen molar-refractivity contribution in [2.24, 2.45) is 0 Å². The molecule has 4 rings (SSSR count). The maximum Gasteiger partial charge on any atom is 0.230 e. The number of rotatable bonds is 9. The summed E-state index contributed by atoms with van der Waals surface area (Å²) in [5.74, 6) is 2.11. The van der Waals surface area contributed by atoms with Gasteiger partial charge in [-0.2, -0.15) is 0 Å². The van der Waals surface area contributed by atoms with Crippen molar-refractivity contribution in [3.63, 3.8) is 0 Å². The Labute approximate surface area is 186 Å². The van der Waals surface area contributed by atoms with E-state index in [2.05, 4.69) is 26.3 Å². The molecule has 4 aromatic rings. The molecule has 0 aliphatic carbocycles. The highest BCUT2D eigenvalue weighted by atomic mass is 16.5. The van der Waals surface area contributed by atoms with Crippen molar-refractivity contribution in [2.75, 3.05) is 20.3 Å². The van der Waals surface area contributed by atoms with E-state index in [1.807, 2.05) is 39.0 Å². The van der Waals surface area contributed by atoms with Gasteiger partial charge >= 0.3 is 0 Å². The maximum atomic E-state index is 10.1. The molecule has 1 unspecified atom stereocenters. The molecule has 2 heterocycles. The zero-order valence-electron chi connectivity index (χ0n) is 18.7. The van der Waals surface area contributed by atoms with E-state index in [1.54, 1.807) is 19.2 Å². The average Bonchev–Trinajstić information content (AvgIpc) is 3.15. The van der Waals surface area contributed by atoms with Gasteiger partial charge in [-0.25, -0.2) is 9.97 Å². The van der Waals surface area contributed by atoms with E-state index >= 15 is 0 Å². The molecule has 0 aliphatic heterocycles. The SMILES string of the molecule is COc1cc2c(Oc3ccc4[nH]c(C)cc4c3)ncnc2cc1OCC(O)CNC(C)C. The highest BCUT2D eigenvalue weighted by molar-refractivity contribution is 5.87. The monoisotopic (exact) mass is 436 g/mol. The largest absolute Gasteiger partial charge is 0.493 e. The highest BCUT2D eigenvalue weighted by Gasteiger charge is 2.15. The summed E-state index contributed by atoms with van der Waals surface area (Å²) in [6.07, 6.45) is 0.808. The van der Waals surface area contributed by atoms with Crippen LogP contribution in [0.5, 0.6) is 23.1 Å². The van der Waals surface area contributed by atoms with Gasteiger partial charge in [0.2, 0.25) is 5.88 Å². The number of hydrogen-bond donors (Lipinski definition) is 3. The zero-order chi connectivity index (χ0) is 22.7. The van der Waals surface area contributed by atoms with Crippen LogP contribution in [-0.2, 0) is 0 Å². The standard InChI is InChI=1S/C24H28N4O4/c1-14(2)25-11-17(29)12-31-23-10-21-19(9-22(23)30-4)24(27-13-26-21)32-18-5-6-20-16(8-18)7-15(3)28-20/h5-10,13-14,17,25,28-29H,11-12H2,1-4H3. The Kier molecular flexibility index (Phi) is 6.43. The number of aliphatic hydroxyl groups is 1. The molecule has 0 fully saturated rings. The summed E-state index contributed by atoms with van der Waals surface area (Å²) >= 11 is 0. The van der Waals surface area contributed by atoms with Gasteiger partial charge in [0.25, 0.3) is 0 Å². The van der Waals surface area contributed by atoms with Gasteiger partial charge in [0, 0.05) is 35.2 Å². The lowest BCUT2D eigenvalue weighted by Gasteiger charge is -2.17. The van der Waals surface area contributed by atoms with Crippen molar-refractivity contribution in [3.8, 4) is 23.1 Å². The summed E-state index contributed by atoms with van der Waals surface area (Å²) in [5.41, 5.74) is 2.79. The maximum absolute atomic E-state index is 10.1. The third-order valence-electron chi connectivity index (χ3n) is 5.02. The summed E-state index contributed by atoms with van der Waals surface area (Å²) in [4.78, 5) is 12.0. The van der Waals surface area contributed by atoms with Crippen LogP contribution in [0.2, 0.25) is 0 Å². The van der Waals surface area contributed by atoms with Crippen LogP contribution < -0.4 is 19.5 Å². The molecule has 168 valence electrons. The van der Waals surface area contributed by atoms with Crippen molar-refractivity contribution in [1.82, 2.24) is 20.3 Å². The Morgan fingerprint density at radius 2 is 1.94 bits per heavy atom. The number of aryl methyl sites for hydroxylation is 1. The molecule has 0 aliphatic rings. The third kappa shape index (κ3) is 4.92. The zero-order valence-corrected chi connectivity index (χ0v) is 18.7. The normalized spacial score (nSPS) is 12.4. The van der Waals surface area contributed by atoms with Crippen LogP contribution in [0.4, 0.5) is 0 Å². The number of aromatic nitrogens is 3. The molecule has 2 aromatic carbocycles. The number of aromatic amines is 1. The number of aliphatic hydroxyl groups excluding tert-OH is 1. The quantitative estimate of drug-likeness (QED) is 0.365. The molecule has 1 atom stereocenters. The van der Waals surface area contributed by atoms with E-state index in [9.17, 15) is 5.11 Å². The van der Waals surface area contributed by atoms with E-state index in [0.29, 0.717) is 40.6 Å². The minimum absolute atomic E-state index is 0.131. The molecule has 0 radical (unpaired) electrons. The first-order chi connectivity index (χ1) is 15.4. The van der Waals surface area contributed by atoms with Crippen molar-refractivity contribution < 1.29 is 19.3 Å². The molecule has 0 saturated carbocycles. The molecule has 8 nitrogen and oxygen atoms in total. The van der Waals surface area contributed by atoms with Crippen LogP contribution >= 0.6 is 0 Å². The smallest absolute Gasteiger partial charge is 0.230 e. The number of nitrogens with zero attached hydrogens (tertiary/aromatic N) is 2. The first-order valence-electron chi connectivity index (χ1n) is 10.6. The van der Waals surface area contributed by atoms with Crippen LogP contribution in [0, 0.1) is 6.92 Å². The van der Waals surface area contributed by atoms with Crippen molar-refractivity contribution in [2.45, 2.75) is 32.9 Å². The van der Waals surface area contributed by atoms with Crippen LogP contribution in [-0.4, -0.2) is 52.5 Å². The molecule has 0 bridgehead atoms. The molecular formula is C24H28N4O4. The third-order valence-corrected chi connectivity index (χ3v) is 5.02. The summed E-state index contributed by atoms with van der Waals surface area (Å²) in [6, 6.07) is 11.8. The number of nitrogens with one attached hydrogen (secondary N) is 2. The molecule has 0 saturated heterocycles. The van der Waals surface area contributed by atoms with Crippen molar-refractivity contribution >= 4 is 21.8 Å². The summed E-state index contributed by atoms with van der Waals surface area (Å²) in [5, 5.41) is 15.1. The average molecular weight is 437 g/mol. The minimum Gasteiger partial charge on any atom is -0.493 e. The lowest BCUT2D eigenvalue weighted by Crippen LogP contribution is -2.35. The predicted molar refractivity (Wildman–Crippen MR) is 124 cm³/mol. The van der Waals surface area contributed by atoms with Gasteiger partial charge in [0.05, 0.1) is 18.0 Å². The first kappa shape index (κ1) is 21.9. The highest BCUT2D eigenvalue weighted by Crippen LogP contribution is 2.36. The first-order valence-corrected chi connectivity index (χ1v) is 10.6. The second kappa shape index (κ2) is 9.42. The molecule has 0 amide bonds. The molecule has 3 N–H and O–H groups in total. The number of fused-ring (bicyclic) bond motifs is 2. The number of methoxy groups -OCH3 is 1. The van der Waals surface area contributed by atoms with Crippen LogP contribution in [0.3, 0.4) is 0 Å². The molecule has 32 heavy (non-hydrogen) atoms. The number of ether oxygens (including phenoxy) is 3. The van der Waals surface area contributed by atoms with E-state index < -0.39 is 6.10 Å². The van der Waals surface area contributed by atoms with E-state index in [-0.39, 0.29) is 12.6 Å². The van der Waals surface area contributed by atoms with Gasteiger partial charge in [-0.15, -0.1) is 0 Å². The molecule has 0 spiro atoms. The van der Waals surface area contributed by atoms with Crippen molar-refractivity contribution in [1.29, 1.82) is 0 Å². The molecule has 2 aromatic heterocycles. The van der Waals surface area contributed by atoms with E-state index in [4.69, 9.17) is 14.2 Å². The predicted octanol–water partition coefficient (Wildman–Crippen LogP) is 3.96. The Balaban J connectivity index is 1.58. The van der Waals surface area contributed by atoms with E-state index in [0.717, 1.165) is 16.6 Å². The van der Waals surface area contributed by atoms with Crippen molar-refractivity contribution in [3.05, 3.63) is 48.4 Å². The Morgan fingerprint density at radius 1 is 1.09 bits per heavy atom. The van der Waals surface area contributed by atoms with Crippen LogP contribution in [0.15, 0.2) is 42.7 Å². The molecule has 8 heteroatoms. The summed E-state index contributed by atoms with van der Waals surface area (Å²) < 4.78 is 17.4. The van der Waals surface area contributed by atoms with Gasteiger partial charge in [-0.3, -0.25) is 0 Å². The Morgan fingerprint density at radius 3 is 2.72 bits per heavy atom. The fourth-order valence-electron chi connectivity index (χ4n) is 3.44. The van der Waals surface area contributed by atoms with Gasteiger partial charge in [-0.05, 0) is 37.3 Å². The lowest BCUT2D eigenvalue weighted by atomic mass is 10.2. The van der Waals surface area contributed by atoms with Gasteiger partial charge < -0.3 is 29.6 Å². The fourth-order valence-corrected chi connectivity index (χ4v) is 3.44. The minimum atomic E-state index is -0.644. The van der Waals surface area contributed by atoms with Crippen LogP contribution in [0.25, 0.3) is 21.8 Å². The molecular weight excluding hydrogens is 408 g/mol. The van der Waals surface area contributed by atoms with Crippen LogP contribution in [0.1, 0.15) is 19.5 Å². The summed E-state index contributed by atoms with van der Waals surface area (Å²) in [7, 11) is 1.57. The Hall–Kier alpha value is -3.36. The topological polar surface area (TPSA) is 102 Å². The summed E-state index contributed by atoms with van der Waals surface area (Å²) in [6.45, 7) is 6.64. The van der Waals surface area contributed by atoms with E-state index in [1.165, 1.54) is 6.33 Å². The lowest BCUT2D eigenvalue weighted by molar-refractivity contribution is 0.103. The van der Waals surface area contributed by atoms with Gasteiger partial charge in [-0.1, -0.05) is 13.8 Å². The van der Waals surface area contributed by atoms with Gasteiger partial charge in [0.15, 0.2) is 11.5 Å². The number of hydrogen-bond acceptors (Lipinski definition) is 7. The number of benzene rings is 2. The Bertz CT molecular complexity index is 1220. The second-order valence-electron chi connectivity index (χ2n) is 8.03. The fraction of sp³-hybridized carbons (Fsp3) is 0.333. The van der Waals surface area contributed by atoms with Gasteiger partial charge in [0.1, 0.15) is 24.8 Å². The number of H-pyrrole nitrogens is 1. The second-order valence-corrected chi connectivity index (χ2v) is 8.03.